The van der Waals surface area contributed by atoms with Crippen LogP contribution in [0.2, 0.25) is 0 Å². The van der Waals surface area contributed by atoms with Crippen LogP contribution < -0.4 is 0 Å². The van der Waals surface area contributed by atoms with Crippen molar-refractivity contribution in [3.63, 3.8) is 0 Å². The molecule has 6 heteroatoms. The molecule has 0 aliphatic rings. The predicted molar refractivity (Wildman–Crippen MR) is 49.0 cm³/mol. The van der Waals surface area contributed by atoms with Crippen molar-refractivity contribution in [2.75, 3.05) is 5.33 Å². The molecule has 0 aliphatic heterocycles. The lowest BCUT2D eigenvalue weighted by Gasteiger charge is -1.93. The number of alkyl halides is 2. The summed E-state index contributed by atoms with van der Waals surface area (Å²) in [5, 5.41) is 15.1. The van der Waals surface area contributed by atoms with Crippen molar-refractivity contribution in [2.24, 2.45) is 0 Å². The summed E-state index contributed by atoms with van der Waals surface area (Å²) in [6, 6.07) is 0. The monoisotopic (exact) mass is 260 g/mol. The molecule has 4 nitrogen and oxygen atoms in total. The van der Waals surface area contributed by atoms with Crippen LogP contribution in [0, 0.1) is 0 Å². The molecule has 0 amide bonds. The Labute approximate surface area is 83.7 Å². The van der Waals surface area contributed by atoms with Crippen molar-refractivity contribution >= 4 is 39.5 Å². The Balaban J connectivity index is 0. The van der Waals surface area contributed by atoms with Crippen LogP contribution >= 0.6 is 27.5 Å². The summed E-state index contributed by atoms with van der Waals surface area (Å²) in [6.07, 6.45) is 0.483. The van der Waals surface area contributed by atoms with Gasteiger partial charge in [-0.2, -0.15) is 0 Å². The third-order valence-electron chi connectivity index (χ3n) is 0.741. The number of hydrogen-bond acceptors (Lipinski definition) is 2. The molecule has 0 rings (SSSR count). The normalized spacial score (nSPS) is 10.9. The highest BCUT2D eigenvalue weighted by Gasteiger charge is 2.08. The van der Waals surface area contributed by atoms with Gasteiger partial charge < -0.3 is 10.2 Å². The van der Waals surface area contributed by atoms with Gasteiger partial charge in [0.15, 0.2) is 0 Å². The maximum absolute atomic E-state index is 9.80. The van der Waals surface area contributed by atoms with Gasteiger partial charge in [-0.05, 0) is 6.42 Å². The van der Waals surface area contributed by atoms with E-state index in [4.69, 9.17) is 21.8 Å². The van der Waals surface area contributed by atoms with Gasteiger partial charge in [0.1, 0.15) is 10.7 Å². The smallest absolute Gasteiger partial charge is 0.321 e. The van der Waals surface area contributed by atoms with Crippen LogP contribution in [0.25, 0.3) is 0 Å². The van der Waals surface area contributed by atoms with Gasteiger partial charge in [0.2, 0.25) is 0 Å². The van der Waals surface area contributed by atoms with Crippen LogP contribution in [0.3, 0.4) is 0 Å². The van der Waals surface area contributed by atoms with Gasteiger partial charge in [0.25, 0.3) is 0 Å². The maximum Gasteiger partial charge on any atom is 0.321 e. The number of rotatable bonds is 3. The number of hydrogen-bond donors (Lipinski definition) is 2. The summed E-state index contributed by atoms with van der Waals surface area (Å²) in [5.41, 5.74) is 0. The van der Waals surface area contributed by atoms with Gasteiger partial charge in [0, 0.05) is 0 Å². The van der Waals surface area contributed by atoms with E-state index in [-0.39, 0.29) is 5.33 Å². The molecular weight excluding hydrogens is 251 g/mol. The first-order valence-corrected chi connectivity index (χ1v) is 4.66. The Kier molecular flexibility index (Phi) is 10.5. The van der Waals surface area contributed by atoms with E-state index in [1.165, 1.54) is 0 Å². The van der Waals surface area contributed by atoms with Gasteiger partial charge >= 0.3 is 11.9 Å². The molecule has 0 bridgehead atoms. The molecular formula is C6H10BrClO4. The minimum Gasteiger partial charge on any atom is -0.481 e. The van der Waals surface area contributed by atoms with E-state index in [0.717, 1.165) is 0 Å². The predicted octanol–water partition coefficient (Wildman–Crippen LogP) is 1.55. The highest BCUT2D eigenvalue weighted by Crippen LogP contribution is 1.98. The summed E-state index contributed by atoms with van der Waals surface area (Å²) in [5.74, 6) is -1.77. The lowest BCUT2D eigenvalue weighted by molar-refractivity contribution is -0.136. The molecule has 0 saturated carbocycles. The highest BCUT2D eigenvalue weighted by atomic mass is 79.9. The van der Waals surface area contributed by atoms with E-state index in [1.54, 1.807) is 6.92 Å². The molecule has 0 aliphatic carbocycles. The fourth-order valence-electron chi connectivity index (χ4n) is 0.175. The molecule has 1 unspecified atom stereocenters. The molecule has 0 saturated heterocycles. The van der Waals surface area contributed by atoms with E-state index in [0.29, 0.717) is 6.42 Å². The fourth-order valence-corrected chi connectivity index (χ4v) is 0.175. The fraction of sp³-hybridized carbons (Fsp3) is 0.667. The van der Waals surface area contributed by atoms with E-state index >= 15 is 0 Å². The number of halogens is 2. The van der Waals surface area contributed by atoms with Crippen molar-refractivity contribution in [2.45, 2.75) is 18.7 Å². The second-order valence-corrected chi connectivity index (χ2v) is 2.83. The Hall–Kier alpha value is -0.290. The summed E-state index contributed by atoms with van der Waals surface area (Å²) in [4.78, 5) is 19.1. The molecule has 2 N–H and O–H groups in total. The molecule has 0 heterocycles. The van der Waals surface area contributed by atoms with Crippen LogP contribution in [0.4, 0.5) is 0 Å². The number of carboxylic acid groups (broad SMARTS) is 2. The Morgan fingerprint density at radius 1 is 1.50 bits per heavy atom. The minimum atomic E-state index is -0.941. The third kappa shape index (κ3) is 12.4. The molecule has 0 radical (unpaired) electrons. The van der Waals surface area contributed by atoms with E-state index < -0.39 is 17.3 Å². The Bertz CT molecular complexity index is 150. The zero-order valence-electron chi connectivity index (χ0n) is 6.46. The van der Waals surface area contributed by atoms with E-state index in [9.17, 15) is 9.59 Å². The van der Waals surface area contributed by atoms with Crippen molar-refractivity contribution in [1.82, 2.24) is 0 Å². The molecule has 12 heavy (non-hydrogen) atoms. The second-order valence-electron chi connectivity index (χ2n) is 1.74. The van der Waals surface area contributed by atoms with Crippen LogP contribution in [-0.4, -0.2) is 32.9 Å². The number of aliphatic carboxylic acids is 2. The molecule has 0 aromatic heterocycles. The molecule has 72 valence electrons. The third-order valence-corrected chi connectivity index (χ3v) is 1.72. The van der Waals surface area contributed by atoms with Gasteiger partial charge in [0.05, 0.1) is 0 Å². The standard InChI is InChI=1S/C4H7ClO2.C2H3BrO2/c1-2-3(5)4(6)7;3-1-2(4)5/h3H,2H2,1H3,(H,6,7);1H2,(H,4,5). The number of carboxylic acids is 2. The Morgan fingerprint density at radius 2 is 1.83 bits per heavy atom. The van der Waals surface area contributed by atoms with Crippen molar-refractivity contribution in [3.05, 3.63) is 0 Å². The first-order valence-electron chi connectivity index (χ1n) is 3.10. The van der Waals surface area contributed by atoms with Gasteiger partial charge in [-0.25, -0.2) is 0 Å². The molecule has 1 atom stereocenters. The van der Waals surface area contributed by atoms with Crippen LogP contribution in [0.1, 0.15) is 13.3 Å². The van der Waals surface area contributed by atoms with E-state index in [1.807, 2.05) is 0 Å². The molecule has 0 aromatic rings. The number of carbonyl (C=O) groups is 2. The second kappa shape index (κ2) is 8.80. The summed E-state index contributed by atoms with van der Waals surface area (Å²) >= 11 is 7.91. The average molecular weight is 261 g/mol. The lowest BCUT2D eigenvalue weighted by Crippen LogP contribution is -2.10. The topological polar surface area (TPSA) is 74.6 Å². The molecule has 0 fully saturated rings. The summed E-state index contributed by atoms with van der Waals surface area (Å²) < 4.78 is 0. The van der Waals surface area contributed by atoms with Crippen molar-refractivity contribution < 1.29 is 19.8 Å². The van der Waals surface area contributed by atoms with E-state index in [2.05, 4.69) is 15.9 Å². The van der Waals surface area contributed by atoms with Crippen LogP contribution in [0.15, 0.2) is 0 Å². The van der Waals surface area contributed by atoms with Crippen molar-refractivity contribution in [1.29, 1.82) is 0 Å². The highest BCUT2D eigenvalue weighted by molar-refractivity contribution is 9.09. The van der Waals surface area contributed by atoms with Crippen LogP contribution in [-0.2, 0) is 9.59 Å². The first-order chi connectivity index (χ1) is 5.45. The largest absolute Gasteiger partial charge is 0.481 e. The molecule has 0 aromatic carbocycles. The summed E-state index contributed by atoms with van der Waals surface area (Å²) in [6.45, 7) is 1.73. The lowest BCUT2D eigenvalue weighted by atomic mass is 10.3. The van der Waals surface area contributed by atoms with Gasteiger partial charge in [-0.15, -0.1) is 11.6 Å². The first kappa shape index (κ1) is 14.2. The molecule has 0 spiro atoms. The zero-order chi connectivity index (χ0) is 10.1. The minimum absolute atomic E-state index is 0.0347. The SMILES string of the molecule is CCC(Cl)C(=O)O.O=C(O)CBr. The van der Waals surface area contributed by atoms with Crippen LogP contribution in [0.5, 0.6) is 0 Å². The zero-order valence-corrected chi connectivity index (χ0v) is 8.80. The quantitative estimate of drug-likeness (QED) is 0.756. The maximum atomic E-state index is 9.80. The Morgan fingerprint density at radius 3 is 1.83 bits per heavy atom. The average Bonchev–Trinajstić information content (AvgIpc) is 2.04. The van der Waals surface area contributed by atoms with Crippen molar-refractivity contribution in [3.8, 4) is 0 Å². The van der Waals surface area contributed by atoms with Gasteiger partial charge in [-0.3, -0.25) is 9.59 Å². The summed E-state index contributed by atoms with van der Waals surface area (Å²) in [7, 11) is 0. The van der Waals surface area contributed by atoms with Gasteiger partial charge in [-0.1, -0.05) is 22.9 Å².